The van der Waals surface area contributed by atoms with E-state index in [9.17, 15) is 4.79 Å². The van der Waals surface area contributed by atoms with Crippen molar-refractivity contribution in [3.63, 3.8) is 0 Å². The molecule has 0 amide bonds. The molecule has 0 aliphatic carbocycles. The Morgan fingerprint density at radius 1 is 1.10 bits per heavy atom. The molecule has 0 spiro atoms. The lowest BCUT2D eigenvalue weighted by molar-refractivity contribution is 0.112. The number of carbonyl (C=O) groups excluding carboxylic acids is 1. The summed E-state index contributed by atoms with van der Waals surface area (Å²) in [6.45, 7) is 4.12. The van der Waals surface area contributed by atoms with Crippen LogP contribution >= 0.6 is 0 Å². The topological polar surface area (TPSA) is 44.9 Å². The molecular formula is C17H16N2O. The molecule has 0 saturated heterocycles. The normalized spacial score (nSPS) is 10.7. The van der Waals surface area contributed by atoms with E-state index in [1.54, 1.807) is 0 Å². The maximum Gasteiger partial charge on any atom is 0.154 e. The van der Waals surface area contributed by atoms with E-state index < -0.39 is 0 Å². The van der Waals surface area contributed by atoms with E-state index in [-0.39, 0.29) is 0 Å². The van der Waals surface area contributed by atoms with Crippen LogP contribution in [0.2, 0.25) is 0 Å². The molecule has 3 nitrogen and oxygen atoms in total. The van der Waals surface area contributed by atoms with Crippen molar-refractivity contribution in [2.75, 3.05) is 5.32 Å². The van der Waals surface area contributed by atoms with Gasteiger partial charge < -0.3 is 10.3 Å². The Morgan fingerprint density at radius 2 is 1.90 bits per heavy atom. The molecule has 0 aliphatic rings. The van der Waals surface area contributed by atoms with Crippen LogP contribution in [0.25, 0.3) is 10.9 Å². The fourth-order valence-electron chi connectivity index (χ4n) is 2.47. The molecule has 2 aromatic carbocycles. The predicted octanol–water partition coefficient (Wildman–Crippen LogP) is 4.34. The van der Waals surface area contributed by atoms with Gasteiger partial charge in [0, 0.05) is 16.6 Å². The number of aromatic nitrogens is 1. The lowest BCUT2D eigenvalue weighted by Crippen LogP contribution is -1.96. The van der Waals surface area contributed by atoms with Gasteiger partial charge in [-0.25, -0.2) is 0 Å². The van der Waals surface area contributed by atoms with Crippen molar-refractivity contribution in [3.05, 3.63) is 59.2 Å². The second kappa shape index (κ2) is 4.85. The zero-order valence-corrected chi connectivity index (χ0v) is 11.5. The van der Waals surface area contributed by atoms with E-state index in [4.69, 9.17) is 0 Å². The van der Waals surface area contributed by atoms with Gasteiger partial charge in [0.05, 0.1) is 5.56 Å². The Morgan fingerprint density at radius 3 is 2.65 bits per heavy atom. The number of hydrogen-bond donors (Lipinski definition) is 2. The van der Waals surface area contributed by atoms with Gasteiger partial charge in [-0.05, 0) is 31.5 Å². The summed E-state index contributed by atoms with van der Waals surface area (Å²) in [5, 5.41) is 4.26. The summed E-state index contributed by atoms with van der Waals surface area (Å²) < 4.78 is 0. The highest BCUT2D eigenvalue weighted by molar-refractivity contribution is 6.03. The molecule has 0 radical (unpaired) electrons. The SMILES string of the molecule is Cc1ccc(Nc2[nH]c3ccccc3c2C=O)c(C)c1. The van der Waals surface area contributed by atoms with Gasteiger partial charge in [0.2, 0.25) is 0 Å². The highest BCUT2D eigenvalue weighted by Crippen LogP contribution is 2.28. The molecule has 1 aromatic heterocycles. The summed E-state index contributed by atoms with van der Waals surface area (Å²) in [5.74, 6) is 0.744. The highest BCUT2D eigenvalue weighted by Gasteiger charge is 2.11. The van der Waals surface area contributed by atoms with Gasteiger partial charge in [0.1, 0.15) is 5.82 Å². The first-order valence-corrected chi connectivity index (χ1v) is 6.59. The monoisotopic (exact) mass is 264 g/mol. The number of fused-ring (bicyclic) bond motifs is 1. The van der Waals surface area contributed by atoms with Crippen LogP contribution in [0.4, 0.5) is 11.5 Å². The number of nitrogens with one attached hydrogen (secondary N) is 2. The quantitative estimate of drug-likeness (QED) is 0.691. The van der Waals surface area contributed by atoms with Crippen molar-refractivity contribution in [1.29, 1.82) is 0 Å². The van der Waals surface area contributed by atoms with Gasteiger partial charge in [-0.15, -0.1) is 0 Å². The highest BCUT2D eigenvalue weighted by atomic mass is 16.1. The van der Waals surface area contributed by atoms with Crippen LogP contribution in [0.1, 0.15) is 21.5 Å². The first kappa shape index (κ1) is 12.5. The molecule has 2 N–H and O–H groups in total. The first-order valence-electron chi connectivity index (χ1n) is 6.59. The molecular weight excluding hydrogens is 248 g/mol. The van der Waals surface area contributed by atoms with Crippen LogP contribution in [-0.2, 0) is 0 Å². The Labute approximate surface area is 117 Å². The van der Waals surface area contributed by atoms with E-state index in [0.717, 1.165) is 34.3 Å². The minimum Gasteiger partial charge on any atom is -0.341 e. The summed E-state index contributed by atoms with van der Waals surface area (Å²) in [6, 6.07) is 14.0. The number of hydrogen-bond acceptors (Lipinski definition) is 2. The predicted molar refractivity (Wildman–Crippen MR) is 82.9 cm³/mol. The Balaban J connectivity index is 2.08. The number of benzene rings is 2. The molecule has 1 heterocycles. The van der Waals surface area contributed by atoms with Crippen LogP contribution in [0, 0.1) is 13.8 Å². The summed E-state index contributed by atoms with van der Waals surface area (Å²) in [5.41, 5.74) is 5.01. The van der Waals surface area contributed by atoms with E-state index in [0.29, 0.717) is 5.56 Å². The van der Waals surface area contributed by atoms with Crippen LogP contribution in [-0.4, -0.2) is 11.3 Å². The number of aromatic amines is 1. The molecule has 0 atom stereocenters. The lowest BCUT2D eigenvalue weighted by Gasteiger charge is -2.09. The fourth-order valence-corrected chi connectivity index (χ4v) is 2.47. The van der Waals surface area contributed by atoms with E-state index in [1.807, 2.05) is 30.3 Å². The second-order valence-electron chi connectivity index (χ2n) is 5.02. The minimum absolute atomic E-state index is 0.667. The van der Waals surface area contributed by atoms with Gasteiger partial charge >= 0.3 is 0 Å². The summed E-state index contributed by atoms with van der Waals surface area (Å²) >= 11 is 0. The molecule has 0 bridgehead atoms. The number of H-pyrrole nitrogens is 1. The van der Waals surface area contributed by atoms with Gasteiger partial charge in [-0.3, -0.25) is 4.79 Å². The second-order valence-corrected chi connectivity index (χ2v) is 5.02. The van der Waals surface area contributed by atoms with Crippen molar-refractivity contribution < 1.29 is 4.79 Å². The Hall–Kier alpha value is -2.55. The number of aryl methyl sites for hydroxylation is 2. The van der Waals surface area contributed by atoms with Gasteiger partial charge in [-0.2, -0.15) is 0 Å². The van der Waals surface area contributed by atoms with Crippen LogP contribution in [0.5, 0.6) is 0 Å². The zero-order valence-electron chi connectivity index (χ0n) is 11.5. The molecule has 3 aromatic rings. The molecule has 0 saturated carbocycles. The van der Waals surface area contributed by atoms with Gasteiger partial charge in [0.15, 0.2) is 6.29 Å². The van der Waals surface area contributed by atoms with Crippen molar-refractivity contribution >= 4 is 28.7 Å². The van der Waals surface area contributed by atoms with Crippen molar-refractivity contribution in [2.45, 2.75) is 13.8 Å². The van der Waals surface area contributed by atoms with E-state index >= 15 is 0 Å². The smallest absolute Gasteiger partial charge is 0.154 e. The van der Waals surface area contributed by atoms with Gasteiger partial charge in [0.25, 0.3) is 0 Å². The van der Waals surface area contributed by atoms with Gasteiger partial charge in [-0.1, -0.05) is 35.9 Å². The zero-order chi connectivity index (χ0) is 14.1. The molecule has 3 heteroatoms. The third-order valence-electron chi connectivity index (χ3n) is 3.51. The van der Waals surface area contributed by atoms with Crippen molar-refractivity contribution in [3.8, 4) is 0 Å². The summed E-state index contributed by atoms with van der Waals surface area (Å²) in [4.78, 5) is 14.6. The van der Waals surface area contributed by atoms with E-state index in [2.05, 4.69) is 36.3 Å². The Kier molecular flexibility index (Phi) is 3.03. The number of aldehydes is 1. The molecule has 3 rings (SSSR count). The maximum absolute atomic E-state index is 11.4. The molecule has 0 fully saturated rings. The first-order chi connectivity index (χ1) is 9.69. The summed E-state index contributed by atoms with van der Waals surface area (Å²) in [7, 11) is 0. The Bertz CT molecular complexity index is 787. The molecule has 100 valence electrons. The average Bonchev–Trinajstić information content (AvgIpc) is 2.79. The number of anilines is 2. The van der Waals surface area contributed by atoms with Crippen molar-refractivity contribution in [1.82, 2.24) is 4.98 Å². The third-order valence-corrected chi connectivity index (χ3v) is 3.51. The third kappa shape index (κ3) is 2.07. The lowest BCUT2D eigenvalue weighted by atomic mass is 10.1. The average molecular weight is 264 g/mol. The molecule has 0 unspecified atom stereocenters. The van der Waals surface area contributed by atoms with Crippen LogP contribution in [0.3, 0.4) is 0 Å². The van der Waals surface area contributed by atoms with E-state index in [1.165, 1.54) is 5.56 Å². The van der Waals surface area contributed by atoms with Crippen molar-refractivity contribution in [2.24, 2.45) is 0 Å². The van der Waals surface area contributed by atoms with Crippen LogP contribution in [0.15, 0.2) is 42.5 Å². The number of para-hydroxylation sites is 1. The number of rotatable bonds is 3. The minimum atomic E-state index is 0.667. The summed E-state index contributed by atoms with van der Waals surface area (Å²) in [6.07, 6.45) is 0.894. The maximum atomic E-state index is 11.4. The molecule has 0 aliphatic heterocycles. The standard InChI is InChI=1S/C17H16N2O/c1-11-7-8-15(12(2)9-11)18-17-14(10-20)13-5-3-4-6-16(13)19-17/h3-10,18-19H,1-2H3. The molecule has 20 heavy (non-hydrogen) atoms. The fraction of sp³-hybridized carbons (Fsp3) is 0.118. The largest absolute Gasteiger partial charge is 0.341 e. The van der Waals surface area contributed by atoms with Crippen LogP contribution < -0.4 is 5.32 Å². The number of carbonyl (C=O) groups is 1.